The van der Waals surface area contributed by atoms with Gasteiger partial charge in [-0.2, -0.15) is 13.2 Å². The number of ether oxygens (including phenoxy) is 1. The van der Waals surface area contributed by atoms with E-state index in [0.717, 1.165) is 55.4 Å². The number of methoxy groups -OCH3 is 1. The van der Waals surface area contributed by atoms with Gasteiger partial charge in [0.05, 0.1) is 31.0 Å². The van der Waals surface area contributed by atoms with E-state index in [1.165, 1.54) is 5.06 Å². The van der Waals surface area contributed by atoms with Gasteiger partial charge in [0.2, 0.25) is 0 Å². The number of allylic oxidation sites excluding steroid dienone is 2. The Labute approximate surface area is 241 Å². The Morgan fingerprint density at radius 1 is 1.17 bits per heavy atom. The minimum absolute atomic E-state index is 0.282. The number of nitrogens with zero attached hydrogens (tertiary/aromatic N) is 3. The maximum Gasteiger partial charge on any atom is 0.419 e. The first-order valence-electron chi connectivity index (χ1n) is 13.9. The van der Waals surface area contributed by atoms with Crippen LogP contribution in [0.15, 0.2) is 89.7 Å². The van der Waals surface area contributed by atoms with Crippen molar-refractivity contribution >= 4 is 17.2 Å². The third-order valence-corrected chi connectivity index (χ3v) is 6.70. The minimum Gasteiger partial charge on any atom is -0.497 e. The summed E-state index contributed by atoms with van der Waals surface area (Å²) < 4.78 is 48.0. The number of hydroxylamine groups is 2. The molecule has 1 N–H and O–H groups in total. The SMILES string of the molecule is C=C(C)CCCN(CCC)c1cc(NC(C)=N/C=C(\C(=C)N2OCC[C@H]2c2ccccc2)C(F)(F)F)cc(OC)c1. The zero-order valence-corrected chi connectivity index (χ0v) is 24.4. The predicted octanol–water partition coefficient (Wildman–Crippen LogP) is 8.44. The molecular formula is C32H41F3N4O2. The molecule has 2 aromatic carbocycles. The molecule has 1 aliphatic rings. The maximum absolute atomic E-state index is 14.2. The molecule has 1 fully saturated rings. The zero-order chi connectivity index (χ0) is 30.0. The van der Waals surface area contributed by atoms with Crippen molar-refractivity contribution in [2.45, 2.75) is 58.7 Å². The molecule has 2 aromatic rings. The molecule has 222 valence electrons. The molecule has 0 spiro atoms. The number of alkyl halides is 3. The number of hydrogen-bond acceptors (Lipinski definition) is 5. The molecule has 0 saturated carbocycles. The molecule has 9 heteroatoms. The lowest BCUT2D eigenvalue weighted by Gasteiger charge is -2.28. The summed E-state index contributed by atoms with van der Waals surface area (Å²) >= 11 is 0. The summed E-state index contributed by atoms with van der Waals surface area (Å²) in [5.74, 6) is 0.918. The van der Waals surface area contributed by atoms with Crippen molar-refractivity contribution in [1.29, 1.82) is 0 Å². The molecule has 0 amide bonds. The molecule has 3 rings (SSSR count). The fourth-order valence-electron chi connectivity index (χ4n) is 4.71. The predicted molar refractivity (Wildman–Crippen MR) is 161 cm³/mol. The molecule has 1 saturated heterocycles. The van der Waals surface area contributed by atoms with Crippen molar-refractivity contribution in [3.63, 3.8) is 0 Å². The molecule has 6 nitrogen and oxygen atoms in total. The molecule has 0 aromatic heterocycles. The molecule has 1 heterocycles. The highest BCUT2D eigenvalue weighted by Crippen LogP contribution is 2.40. The van der Waals surface area contributed by atoms with E-state index in [4.69, 9.17) is 9.57 Å². The number of halogens is 3. The highest BCUT2D eigenvalue weighted by atomic mass is 19.4. The fourth-order valence-corrected chi connectivity index (χ4v) is 4.71. The smallest absolute Gasteiger partial charge is 0.419 e. The van der Waals surface area contributed by atoms with Crippen molar-refractivity contribution in [3.05, 3.63) is 90.3 Å². The van der Waals surface area contributed by atoms with Crippen LogP contribution in [0.1, 0.15) is 58.1 Å². The van der Waals surface area contributed by atoms with Gasteiger partial charge in [-0.1, -0.05) is 49.4 Å². The zero-order valence-electron chi connectivity index (χ0n) is 24.4. The van der Waals surface area contributed by atoms with Gasteiger partial charge in [0.15, 0.2) is 0 Å². The van der Waals surface area contributed by atoms with Crippen LogP contribution in [-0.2, 0) is 4.84 Å². The van der Waals surface area contributed by atoms with Crippen LogP contribution in [0.3, 0.4) is 0 Å². The van der Waals surface area contributed by atoms with Crippen molar-refractivity contribution in [3.8, 4) is 5.75 Å². The standard InChI is InChI=1S/C32H41F3N4O2/c1-7-16-38(17-11-12-23(2)3)28-19-27(20-29(21-28)40-6)37-25(5)36-22-30(32(33,34)35)24(4)39-31(15-18-41-39)26-13-9-8-10-14-26/h8-10,13-14,19-22,31H,2,4,7,11-12,15-18H2,1,3,5-6H3,(H,36,37)/b30-22+/t31-/m0/s1. The molecule has 0 unspecified atom stereocenters. The van der Waals surface area contributed by atoms with Crippen LogP contribution in [0.5, 0.6) is 5.75 Å². The van der Waals surface area contributed by atoms with Gasteiger partial charge in [-0.3, -0.25) is 4.84 Å². The number of nitrogens with one attached hydrogen (secondary N) is 1. The second-order valence-corrected chi connectivity index (χ2v) is 10.2. The normalized spacial score (nSPS) is 16.1. The first-order chi connectivity index (χ1) is 19.5. The van der Waals surface area contributed by atoms with E-state index in [2.05, 4.69) is 35.3 Å². The fraction of sp³-hybridized carbons (Fsp3) is 0.406. The molecular weight excluding hydrogens is 529 g/mol. The van der Waals surface area contributed by atoms with Crippen LogP contribution in [0.4, 0.5) is 24.5 Å². The van der Waals surface area contributed by atoms with Gasteiger partial charge < -0.3 is 15.0 Å². The summed E-state index contributed by atoms with van der Waals surface area (Å²) in [6.45, 7) is 15.5. The quantitative estimate of drug-likeness (QED) is 0.113. The third-order valence-electron chi connectivity index (χ3n) is 6.70. The molecule has 1 aliphatic heterocycles. The van der Waals surface area contributed by atoms with Gasteiger partial charge in [0, 0.05) is 49.2 Å². The summed E-state index contributed by atoms with van der Waals surface area (Å²) in [6.07, 6.45) is -0.448. The highest BCUT2D eigenvalue weighted by molar-refractivity contribution is 5.94. The number of benzene rings is 2. The van der Waals surface area contributed by atoms with Crippen LogP contribution >= 0.6 is 0 Å². The van der Waals surface area contributed by atoms with Gasteiger partial charge in [0.1, 0.15) is 11.6 Å². The number of anilines is 2. The second kappa shape index (κ2) is 14.8. The Morgan fingerprint density at radius 3 is 2.54 bits per heavy atom. The first kappa shape index (κ1) is 31.8. The lowest BCUT2D eigenvalue weighted by Crippen LogP contribution is -2.27. The number of rotatable bonds is 13. The van der Waals surface area contributed by atoms with E-state index in [1.807, 2.05) is 49.4 Å². The maximum atomic E-state index is 14.2. The lowest BCUT2D eigenvalue weighted by molar-refractivity contribution is -0.123. The molecule has 0 aliphatic carbocycles. The third kappa shape index (κ3) is 9.14. The molecule has 1 atom stereocenters. The van der Waals surface area contributed by atoms with E-state index in [1.54, 1.807) is 20.1 Å². The Bertz CT molecular complexity index is 1240. The number of hydrogen-bond donors (Lipinski definition) is 1. The van der Waals surface area contributed by atoms with Crippen molar-refractivity contribution in [2.75, 3.05) is 37.0 Å². The Balaban J connectivity index is 1.84. The van der Waals surface area contributed by atoms with E-state index in [-0.39, 0.29) is 17.6 Å². The van der Waals surface area contributed by atoms with Crippen molar-refractivity contribution < 1.29 is 22.7 Å². The summed E-state index contributed by atoms with van der Waals surface area (Å²) in [6, 6.07) is 14.6. The molecule has 41 heavy (non-hydrogen) atoms. The van der Waals surface area contributed by atoms with Crippen LogP contribution < -0.4 is 15.0 Å². The second-order valence-electron chi connectivity index (χ2n) is 10.2. The Morgan fingerprint density at radius 2 is 1.90 bits per heavy atom. The summed E-state index contributed by atoms with van der Waals surface area (Å²) in [7, 11) is 1.59. The van der Waals surface area contributed by atoms with Crippen molar-refractivity contribution in [1.82, 2.24) is 5.06 Å². The van der Waals surface area contributed by atoms with Gasteiger partial charge in [-0.25, -0.2) is 10.1 Å². The largest absolute Gasteiger partial charge is 0.497 e. The lowest BCUT2D eigenvalue weighted by atomic mass is 10.0. The van der Waals surface area contributed by atoms with Gasteiger partial charge in [-0.05, 0) is 44.7 Å². The monoisotopic (exact) mass is 570 g/mol. The van der Waals surface area contributed by atoms with Gasteiger partial charge >= 0.3 is 6.18 Å². The van der Waals surface area contributed by atoms with E-state index >= 15 is 0 Å². The van der Waals surface area contributed by atoms with E-state index < -0.39 is 11.7 Å². The van der Waals surface area contributed by atoms with Crippen LogP contribution in [0.2, 0.25) is 0 Å². The van der Waals surface area contributed by atoms with Crippen LogP contribution in [0, 0.1) is 0 Å². The van der Waals surface area contributed by atoms with Crippen LogP contribution in [0.25, 0.3) is 0 Å². The number of amidine groups is 1. The molecule has 0 bridgehead atoms. The highest BCUT2D eigenvalue weighted by Gasteiger charge is 2.41. The Hall–Kier alpha value is -3.72. The molecule has 0 radical (unpaired) electrons. The average molecular weight is 571 g/mol. The topological polar surface area (TPSA) is 49.3 Å². The van der Waals surface area contributed by atoms with Crippen molar-refractivity contribution in [2.24, 2.45) is 4.99 Å². The minimum atomic E-state index is -4.68. The Kier molecular flexibility index (Phi) is 11.5. The summed E-state index contributed by atoms with van der Waals surface area (Å²) in [5.41, 5.74) is 2.37. The summed E-state index contributed by atoms with van der Waals surface area (Å²) in [5, 5.41) is 4.37. The van der Waals surface area contributed by atoms with E-state index in [0.29, 0.717) is 24.5 Å². The number of aliphatic imine (C=N–C) groups is 1. The van der Waals surface area contributed by atoms with Crippen LogP contribution in [-0.4, -0.2) is 43.9 Å². The average Bonchev–Trinajstić information content (AvgIpc) is 3.42. The van der Waals surface area contributed by atoms with E-state index in [9.17, 15) is 13.2 Å². The van der Waals surface area contributed by atoms with Gasteiger partial charge in [-0.15, -0.1) is 6.58 Å². The van der Waals surface area contributed by atoms with Gasteiger partial charge in [0.25, 0.3) is 0 Å². The first-order valence-corrected chi connectivity index (χ1v) is 13.9. The summed E-state index contributed by atoms with van der Waals surface area (Å²) in [4.78, 5) is 12.0.